The monoisotopic (exact) mass is 333 g/mol. The molecule has 0 saturated carbocycles. The summed E-state index contributed by atoms with van der Waals surface area (Å²) in [5, 5.41) is 3.05. The van der Waals surface area contributed by atoms with Crippen molar-refractivity contribution in [2.24, 2.45) is 0 Å². The van der Waals surface area contributed by atoms with Crippen LogP contribution in [0.25, 0.3) is 0 Å². The standard InChI is InChI=1S/C15H19N5O2S/c1-2-16-13(17-3-1)19-5-7-21-12-15(10-19)11-20(6-8-22-15)14-18-4-9-23-14/h1-4,9H,5-8,10-12H2. The molecule has 7 nitrogen and oxygen atoms in total. The Morgan fingerprint density at radius 1 is 1.00 bits per heavy atom. The molecule has 0 aliphatic carbocycles. The van der Waals surface area contributed by atoms with Crippen LogP contribution < -0.4 is 9.80 Å². The van der Waals surface area contributed by atoms with Crippen molar-refractivity contribution in [3.63, 3.8) is 0 Å². The fourth-order valence-electron chi connectivity index (χ4n) is 3.09. The van der Waals surface area contributed by atoms with E-state index in [2.05, 4.69) is 24.8 Å². The van der Waals surface area contributed by atoms with Crippen molar-refractivity contribution in [3.8, 4) is 0 Å². The molecule has 0 bridgehead atoms. The second-order valence-electron chi connectivity index (χ2n) is 5.79. The number of morpholine rings is 1. The molecule has 2 aliphatic rings. The predicted molar refractivity (Wildman–Crippen MR) is 88.1 cm³/mol. The van der Waals surface area contributed by atoms with Crippen molar-refractivity contribution in [2.45, 2.75) is 5.60 Å². The molecule has 23 heavy (non-hydrogen) atoms. The molecule has 2 aromatic heterocycles. The Morgan fingerprint density at radius 3 is 2.65 bits per heavy atom. The minimum Gasteiger partial charge on any atom is -0.376 e. The number of rotatable bonds is 2. The molecule has 2 fully saturated rings. The summed E-state index contributed by atoms with van der Waals surface area (Å²) in [7, 11) is 0. The highest BCUT2D eigenvalue weighted by Crippen LogP contribution is 2.28. The third kappa shape index (κ3) is 3.15. The molecule has 4 rings (SSSR count). The van der Waals surface area contributed by atoms with Crippen LogP contribution >= 0.6 is 11.3 Å². The van der Waals surface area contributed by atoms with Crippen molar-refractivity contribution in [1.82, 2.24) is 15.0 Å². The summed E-state index contributed by atoms with van der Waals surface area (Å²) in [6.45, 7) is 5.03. The Labute approximate surface area is 138 Å². The number of aromatic nitrogens is 3. The summed E-state index contributed by atoms with van der Waals surface area (Å²) >= 11 is 1.66. The molecule has 0 amide bonds. The number of ether oxygens (including phenoxy) is 2. The number of anilines is 2. The summed E-state index contributed by atoms with van der Waals surface area (Å²) in [4.78, 5) is 17.6. The Morgan fingerprint density at radius 2 is 1.83 bits per heavy atom. The third-order valence-corrected chi connectivity index (χ3v) is 4.96. The van der Waals surface area contributed by atoms with E-state index in [1.807, 2.05) is 17.6 Å². The lowest BCUT2D eigenvalue weighted by Gasteiger charge is -2.43. The van der Waals surface area contributed by atoms with Crippen LogP contribution in [-0.4, -0.2) is 66.6 Å². The lowest BCUT2D eigenvalue weighted by Crippen LogP contribution is -2.59. The van der Waals surface area contributed by atoms with Crippen LogP contribution in [0.3, 0.4) is 0 Å². The number of hydrogen-bond acceptors (Lipinski definition) is 8. The fourth-order valence-corrected chi connectivity index (χ4v) is 3.76. The minimum absolute atomic E-state index is 0.375. The summed E-state index contributed by atoms with van der Waals surface area (Å²) < 4.78 is 12.0. The summed E-state index contributed by atoms with van der Waals surface area (Å²) in [6, 6.07) is 1.83. The van der Waals surface area contributed by atoms with E-state index in [0.717, 1.165) is 37.3 Å². The first kappa shape index (κ1) is 14.8. The smallest absolute Gasteiger partial charge is 0.225 e. The van der Waals surface area contributed by atoms with Crippen molar-refractivity contribution in [3.05, 3.63) is 30.0 Å². The first-order valence-corrected chi connectivity index (χ1v) is 8.61. The van der Waals surface area contributed by atoms with Gasteiger partial charge in [0.05, 0.1) is 32.9 Å². The molecular formula is C15H19N5O2S. The average Bonchev–Trinajstić information content (AvgIpc) is 3.06. The SMILES string of the molecule is c1cnc(N2CCOCC3(C2)CN(c2nccs2)CCO3)nc1. The first-order valence-electron chi connectivity index (χ1n) is 7.73. The van der Waals surface area contributed by atoms with Gasteiger partial charge in [0, 0.05) is 37.1 Å². The summed E-state index contributed by atoms with van der Waals surface area (Å²) in [6.07, 6.45) is 5.38. The van der Waals surface area contributed by atoms with Gasteiger partial charge in [-0.25, -0.2) is 15.0 Å². The Bertz CT molecular complexity index is 626. The van der Waals surface area contributed by atoms with E-state index in [-0.39, 0.29) is 5.60 Å². The average molecular weight is 333 g/mol. The molecular weight excluding hydrogens is 314 g/mol. The molecule has 1 spiro atoms. The van der Waals surface area contributed by atoms with E-state index in [0.29, 0.717) is 19.8 Å². The highest BCUT2D eigenvalue weighted by molar-refractivity contribution is 7.13. The van der Waals surface area contributed by atoms with E-state index < -0.39 is 0 Å². The van der Waals surface area contributed by atoms with E-state index in [1.165, 1.54) is 0 Å². The lowest BCUT2D eigenvalue weighted by atomic mass is 10.0. The van der Waals surface area contributed by atoms with Crippen LogP contribution in [0.4, 0.5) is 11.1 Å². The van der Waals surface area contributed by atoms with E-state index in [9.17, 15) is 0 Å². The number of thiazole rings is 1. The normalized spacial score (nSPS) is 25.6. The maximum atomic E-state index is 6.18. The molecule has 1 atom stereocenters. The number of nitrogens with zero attached hydrogens (tertiary/aromatic N) is 5. The van der Waals surface area contributed by atoms with Gasteiger partial charge in [-0.2, -0.15) is 0 Å². The maximum Gasteiger partial charge on any atom is 0.225 e. The molecule has 8 heteroatoms. The largest absolute Gasteiger partial charge is 0.376 e. The predicted octanol–water partition coefficient (Wildman–Crippen LogP) is 1.05. The van der Waals surface area contributed by atoms with Crippen LogP contribution in [0.1, 0.15) is 0 Å². The van der Waals surface area contributed by atoms with Gasteiger partial charge in [-0.15, -0.1) is 11.3 Å². The molecule has 0 aromatic carbocycles. The molecule has 4 heterocycles. The van der Waals surface area contributed by atoms with Crippen molar-refractivity contribution in [1.29, 1.82) is 0 Å². The van der Waals surface area contributed by atoms with Crippen LogP contribution in [0.2, 0.25) is 0 Å². The quantitative estimate of drug-likeness (QED) is 0.814. The minimum atomic E-state index is -0.375. The third-order valence-electron chi connectivity index (χ3n) is 4.12. The van der Waals surface area contributed by atoms with Gasteiger partial charge in [0.2, 0.25) is 5.95 Å². The van der Waals surface area contributed by atoms with Gasteiger partial charge >= 0.3 is 0 Å². The lowest BCUT2D eigenvalue weighted by molar-refractivity contribution is -0.0896. The Kier molecular flexibility index (Phi) is 4.11. The highest BCUT2D eigenvalue weighted by Gasteiger charge is 2.41. The van der Waals surface area contributed by atoms with E-state index in [1.54, 1.807) is 23.7 Å². The van der Waals surface area contributed by atoms with Crippen LogP contribution in [0.5, 0.6) is 0 Å². The van der Waals surface area contributed by atoms with Crippen LogP contribution in [-0.2, 0) is 9.47 Å². The topological polar surface area (TPSA) is 63.6 Å². The molecule has 2 saturated heterocycles. The highest BCUT2D eigenvalue weighted by atomic mass is 32.1. The van der Waals surface area contributed by atoms with Gasteiger partial charge < -0.3 is 19.3 Å². The second kappa shape index (κ2) is 6.38. The molecule has 1 unspecified atom stereocenters. The molecule has 122 valence electrons. The summed E-state index contributed by atoms with van der Waals surface area (Å²) in [5.41, 5.74) is -0.375. The van der Waals surface area contributed by atoms with Gasteiger partial charge in [-0.05, 0) is 6.07 Å². The van der Waals surface area contributed by atoms with Crippen LogP contribution in [0, 0.1) is 0 Å². The van der Waals surface area contributed by atoms with E-state index >= 15 is 0 Å². The van der Waals surface area contributed by atoms with Gasteiger partial charge in [0.1, 0.15) is 5.60 Å². The zero-order chi connectivity index (χ0) is 15.5. The summed E-state index contributed by atoms with van der Waals surface area (Å²) in [5.74, 6) is 0.729. The van der Waals surface area contributed by atoms with E-state index in [4.69, 9.17) is 9.47 Å². The maximum absolute atomic E-state index is 6.18. The zero-order valence-corrected chi connectivity index (χ0v) is 13.6. The molecule has 2 aliphatic heterocycles. The van der Waals surface area contributed by atoms with Crippen LogP contribution in [0.15, 0.2) is 30.0 Å². The van der Waals surface area contributed by atoms with Crippen molar-refractivity contribution in [2.75, 3.05) is 55.8 Å². The van der Waals surface area contributed by atoms with Crippen molar-refractivity contribution < 1.29 is 9.47 Å². The first-order chi connectivity index (χ1) is 11.3. The molecule has 0 N–H and O–H groups in total. The second-order valence-corrected chi connectivity index (χ2v) is 6.66. The van der Waals surface area contributed by atoms with Crippen molar-refractivity contribution >= 4 is 22.4 Å². The van der Waals surface area contributed by atoms with Gasteiger partial charge in [0.25, 0.3) is 0 Å². The van der Waals surface area contributed by atoms with Gasteiger partial charge in [-0.1, -0.05) is 0 Å². The Balaban J connectivity index is 1.56. The van der Waals surface area contributed by atoms with Gasteiger partial charge in [-0.3, -0.25) is 0 Å². The molecule has 0 radical (unpaired) electrons. The number of hydrogen-bond donors (Lipinski definition) is 0. The Hall–Kier alpha value is -1.77. The zero-order valence-electron chi connectivity index (χ0n) is 12.8. The molecule has 2 aromatic rings. The fraction of sp³-hybridized carbons (Fsp3) is 0.533. The van der Waals surface area contributed by atoms with Gasteiger partial charge in [0.15, 0.2) is 5.13 Å².